The van der Waals surface area contributed by atoms with Crippen molar-refractivity contribution < 1.29 is 108 Å². The van der Waals surface area contributed by atoms with Gasteiger partial charge >= 0.3 is 32.6 Å². The quantitative estimate of drug-likeness (QED) is 0.0174. The molecule has 0 radical (unpaired) electrons. The minimum absolute atomic E-state index is 0.0103. The topological polar surface area (TPSA) is 525 Å². The van der Waals surface area contributed by atoms with Crippen molar-refractivity contribution in [3.8, 4) is 0 Å². The van der Waals surface area contributed by atoms with Gasteiger partial charge in [-0.05, 0) is 44.4 Å². The minimum Gasteiger partial charge on any atom is -0.387 e. The number of phosphoric ester groups is 1. The molecular weight excluding hydrogens is 1410 g/mol. The Kier molecular flexibility index (Phi) is 25.2. The summed E-state index contributed by atoms with van der Waals surface area (Å²) in [5.41, 5.74) is 24.1. The fourth-order valence-electron chi connectivity index (χ4n) is 11.1. The van der Waals surface area contributed by atoms with E-state index in [1.165, 1.54) is 82.2 Å². The monoisotopic (exact) mass is 1480 g/mol. The van der Waals surface area contributed by atoms with Crippen LogP contribution in [0, 0.1) is 13.8 Å². The van der Waals surface area contributed by atoms with Crippen LogP contribution in [0.2, 0.25) is 0 Å². The number of phosphoric acid groups is 1. The van der Waals surface area contributed by atoms with Gasteiger partial charge in [0, 0.05) is 52.0 Å². The average Bonchev–Trinajstić information content (AvgIpc) is 1.63. The van der Waals surface area contributed by atoms with Gasteiger partial charge in [-0.3, -0.25) is 36.4 Å². The number of aliphatic hydroxyl groups excluding tert-OH is 1. The molecule has 41 nitrogen and oxygen atoms in total. The van der Waals surface area contributed by atoms with Gasteiger partial charge in [-0.25, -0.2) is 44.1 Å². The second-order valence-electron chi connectivity index (χ2n) is 22.4. The number of hydrogen-bond donors (Lipinski definition) is 8. The lowest BCUT2D eigenvalue weighted by molar-refractivity contribution is -0.0843. The van der Waals surface area contributed by atoms with Crippen LogP contribution in [0.25, 0.3) is 22.3 Å². The van der Waals surface area contributed by atoms with Crippen LogP contribution >= 0.6 is 21.3 Å². The van der Waals surface area contributed by atoms with Crippen LogP contribution in [0.5, 0.6) is 0 Å². The van der Waals surface area contributed by atoms with Gasteiger partial charge in [0.25, 0.3) is 0 Å². The first kappa shape index (κ1) is 75.4. The predicted octanol–water partition coefficient (Wildman–Crippen LogP) is -1.04. The number of hydrogen-bond acceptors (Lipinski definition) is 36. The zero-order chi connectivity index (χ0) is 70.4. The molecule has 6 aromatic rings. The molecule has 542 valence electrons. The first-order valence-electron chi connectivity index (χ1n) is 30.0. The summed E-state index contributed by atoms with van der Waals surface area (Å²) in [6.45, 7) is -7.26. The van der Waals surface area contributed by atoms with Crippen molar-refractivity contribution in [1.29, 1.82) is 0 Å². The number of nitrogens with two attached hydrogens (primary N) is 4. The van der Waals surface area contributed by atoms with E-state index in [0.717, 1.165) is 9.13 Å². The lowest BCUT2D eigenvalue weighted by Gasteiger charge is -2.30. The van der Waals surface area contributed by atoms with Gasteiger partial charge in [0.05, 0.1) is 91.4 Å². The smallest absolute Gasteiger partial charge is 0.387 e. The molecular formula is C52H77N16O25P3S2. The highest BCUT2D eigenvalue weighted by Gasteiger charge is 2.55. The standard InChI is InChI=1S/C52H77N16O25P3S2/c1-25-16-65(51(70)63-41(25)53)48-38(81-13-9-77-5)34(27(3)87-48)91-94(72,73)84-19-29-35(39(82-14-10-78-6)49(89-29)66-17-26(2)42(54)64-52(66)71)92-96(75,98)86-20-30-36(40(83-15-11-79-7)50(90-30)68-24-62-32-44(56)58-22-60-46(32)68)93-95(74,97)85-18-28-33(69)37(80-12-8-76-4)47(88-28)67-23-61-31-43(55)57-21-59-45(31)67/h16-17,21-24,27-30,33-40,47-50,69H,8-15,18-20H2,1-7H3,(H,72,73)(H,74,97)(H,75,98)(H2,53,63,70)(H2,54,64,71)(H2,55,57,59)(H2,56,58,60)/t27-,28-,29-,30-,33?,34?,35?,36?,37+,38+,39+,40+,47-,48-,49-,50-,95?,96?/m1/s1. The van der Waals surface area contributed by atoms with Crippen molar-refractivity contribution in [3.05, 3.63) is 69.8 Å². The van der Waals surface area contributed by atoms with E-state index in [2.05, 4.69) is 39.9 Å². The fraction of sp³-hybridized carbons (Fsp3) is 0.654. The second kappa shape index (κ2) is 32.8. The number of ether oxygens (including phenoxy) is 12. The van der Waals surface area contributed by atoms with E-state index in [9.17, 15) is 33.9 Å². The van der Waals surface area contributed by atoms with Gasteiger partial charge in [0.15, 0.2) is 47.8 Å². The fourth-order valence-corrected chi connectivity index (χ4v) is 15.0. The maximum atomic E-state index is 14.3. The number of aryl methyl sites for hydroxylation is 2. The van der Waals surface area contributed by atoms with Gasteiger partial charge in [0.1, 0.15) is 102 Å². The van der Waals surface area contributed by atoms with E-state index in [1.807, 2.05) is 0 Å². The van der Waals surface area contributed by atoms with Crippen LogP contribution in [0.3, 0.4) is 0 Å². The van der Waals surface area contributed by atoms with Crippen molar-refractivity contribution in [3.63, 3.8) is 0 Å². The molecule has 10 rings (SSSR count). The first-order chi connectivity index (χ1) is 46.8. The molecule has 0 amide bonds. The molecule has 10 heterocycles. The Balaban J connectivity index is 0.931. The number of nitrogens with zero attached hydrogens (tertiary/aromatic N) is 12. The summed E-state index contributed by atoms with van der Waals surface area (Å²) in [5.74, 6) is -0.0493. The summed E-state index contributed by atoms with van der Waals surface area (Å²) in [7, 11) is 0.399. The number of fused-ring (bicyclic) bond motifs is 2. The molecule has 6 aromatic heterocycles. The number of anilines is 4. The highest BCUT2D eigenvalue weighted by atomic mass is 32.5. The van der Waals surface area contributed by atoms with Gasteiger partial charge in [-0.1, -0.05) is 0 Å². The third-order valence-electron chi connectivity index (χ3n) is 15.9. The maximum absolute atomic E-state index is 14.3. The number of imidazole rings is 2. The average molecular weight is 1480 g/mol. The third kappa shape index (κ3) is 17.3. The summed E-state index contributed by atoms with van der Waals surface area (Å²) in [6, 6.07) is 0. The Hall–Kier alpha value is -5.29. The Morgan fingerprint density at radius 2 is 0.867 bits per heavy atom. The van der Waals surface area contributed by atoms with Crippen LogP contribution in [-0.2, 0) is 112 Å². The van der Waals surface area contributed by atoms with Crippen LogP contribution < -0.4 is 34.3 Å². The third-order valence-corrected chi connectivity index (χ3v) is 20.0. The van der Waals surface area contributed by atoms with E-state index < -0.39 is 151 Å². The first-order valence-corrected chi connectivity index (χ1v) is 36.7. The predicted molar refractivity (Wildman–Crippen MR) is 344 cm³/mol. The Bertz CT molecular complexity index is 3980. The molecule has 0 bridgehead atoms. The van der Waals surface area contributed by atoms with E-state index in [0.29, 0.717) is 11.1 Å². The number of rotatable bonds is 35. The van der Waals surface area contributed by atoms with E-state index in [-0.39, 0.29) is 98.5 Å². The van der Waals surface area contributed by atoms with Crippen molar-refractivity contribution in [2.24, 2.45) is 0 Å². The molecule has 4 aliphatic heterocycles. The van der Waals surface area contributed by atoms with E-state index in [1.54, 1.807) is 13.8 Å². The van der Waals surface area contributed by atoms with E-state index in [4.69, 9.17) is 131 Å². The van der Waals surface area contributed by atoms with Crippen LogP contribution in [0.4, 0.5) is 23.3 Å². The van der Waals surface area contributed by atoms with Crippen LogP contribution in [-0.4, -0.2) is 252 Å². The van der Waals surface area contributed by atoms with Gasteiger partial charge in [0.2, 0.25) is 0 Å². The minimum atomic E-state index is -5.32. The summed E-state index contributed by atoms with van der Waals surface area (Å²) < 4.78 is 127. The maximum Gasteiger partial charge on any atom is 0.472 e. The molecule has 4 aliphatic rings. The van der Waals surface area contributed by atoms with Crippen molar-refractivity contribution in [2.45, 2.75) is 119 Å². The molecule has 46 heteroatoms. The number of nitrogen functional groups attached to an aromatic ring is 4. The molecule has 0 saturated carbocycles. The zero-order valence-corrected chi connectivity index (χ0v) is 58.0. The van der Waals surface area contributed by atoms with Crippen molar-refractivity contribution >= 4 is 90.5 Å². The second-order valence-corrected chi connectivity index (χ2v) is 29.4. The largest absolute Gasteiger partial charge is 0.472 e. The highest BCUT2D eigenvalue weighted by Crippen LogP contribution is 2.55. The lowest BCUT2D eigenvalue weighted by atomic mass is 10.1. The molecule has 19 atom stereocenters. The molecule has 4 fully saturated rings. The summed E-state index contributed by atoms with van der Waals surface area (Å²) in [4.78, 5) is 96.3. The van der Waals surface area contributed by atoms with Crippen LogP contribution in [0.1, 0.15) is 43.0 Å². The summed E-state index contributed by atoms with van der Waals surface area (Å²) >= 11 is 11.4. The van der Waals surface area contributed by atoms with Gasteiger partial charge < -0.3 is 109 Å². The van der Waals surface area contributed by atoms with Crippen LogP contribution in [0.15, 0.2) is 47.3 Å². The lowest BCUT2D eigenvalue weighted by Crippen LogP contribution is -2.41. The van der Waals surface area contributed by atoms with E-state index >= 15 is 0 Å². The molecule has 7 unspecified atom stereocenters. The SMILES string of the molecule is COCCO[C@H]1C(OP(=O)(O)OC[C@H]2O[C@@H](n3cc(C)c(N)nc3=O)[C@@H](OCCOC)C2OP(O)(=S)OC[C@H]2O[C@@H](n3cnc4c(N)ncnc43)[C@@H](OCCOC)C2OP(O)(=S)OC[C@H]2O[C@@H](n3cnc4c(N)ncnc43)[C@@H](OCCOC)C2O)[C@@H](C)O[C@H]1n1cc(C)c(N)nc1=O. The van der Waals surface area contributed by atoms with Crippen molar-refractivity contribution in [1.82, 2.24) is 58.1 Å². The normalized spacial score (nSPS) is 29.2. The molecule has 12 N–H and O–H groups in total. The molecule has 98 heavy (non-hydrogen) atoms. The Morgan fingerprint density at radius 3 is 1.32 bits per heavy atom. The summed E-state index contributed by atoms with van der Waals surface area (Å²) in [5, 5.41) is 11.8. The molecule has 4 saturated heterocycles. The van der Waals surface area contributed by atoms with Gasteiger partial charge in [-0.15, -0.1) is 0 Å². The molecule has 0 aliphatic carbocycles. The molecule has 0 aromatic carbocycles. The zero-order valence-electron chi connectivity index (χ0n) is 53.7. The Labute approximate surface area is 567 Å². The Morgan fingerprint density at radius 1 is 0.490 bits per heavy atom. The molecule has 0 spiro atoms. The number of aromatic nitrogens is 12. The van der Waals surface area contributed by atoms with Gasteiger partial charge in [-0.2, -0.15) is 9.97 Å². The van der Waals surface area contributed by atoms with Crippen molar-refractivity contribution in [2.75, 3.05) is 124 Å². The number of methoxy groups -OCH3 is 4. The highest BCUT2D eigenvalue weighted by molar-refractivity contribution is 8.07. The summed E-state index contributed by atoms with van der Waals surface area (Å²) in [6.07, 6.45) is -14.1. The number of aliphatic hydroxyl groups is 1.